The number of aromatic nitrogens is 2. The summed E-state index contributed by atoms with van der Waals surface area (Å²) in [5.74, 6) is 0.315. The molecule has 0 bridgehead atoms. The Hall–Kier alpha value is -3.98. The van der Waals surface area contributed by atoms with Crippen molar-refractivity contribution in [1.29, 1.82) is 5.41 Å². The second-order valence-electron chi connectivity index (χ2n) is 7.53. The number of methoxy groups -OCH3 is 1. The molecule has 2 aromatic heterocycles. The molecule has 1 N–H and O–H groups in total. The maximum Gasteiger partial charge on any atom is 0.283 e. The van der Waals surface area contributed by atoms with Gasteiger partial charge in [-0.25, -0.2) is 0 Å². The van der Waals surface area contributed by atoms with Gasteiger partial charge in [0.25, 0.3) is 5.91 Å². The number of amides is 1. The van der Waals surface area contributed by atoms with E-state index in [1.54, 1.807) is 25.6 Å². The number of aliphatic imine (C=N–C) groups is 1. The van der Waals surface area contributed by atoms with E-state index in [2.05, 4.69) is 19.6 Å². The number of benzene rings is 1. The van der Waals surface area contributed by atoms with E-state index in [-0.39, 0.29) is 11.4 Å². The monoisotopic (exact) mass is 456 g/mol. The molecular formula is C24H20N6O2S. The highest BCUT2D eigenvalue weighted by Gasteiger charge is 2.36. The van der Waals surface area contributed by atoms with Crippen LogP contribution in [-0.4, -0.2) is 43.6 Å². The average Bonchev–Trinajstić information content (AvgIpc) is 3.37. The summed E-state index contributed by atoms with van der Waals surface area (Å²) < 4.78 is 7.44. The molecule has 5 rings (SSSR count). The molecule has 1 amide bonds. The minimum Gasteiger partial charge on any atom is -0.497 e. The molecule has 0 radical (unpaired) electrons. The van der Waals surface area contributed by atoms with Gasteiger partial charge in [-0.15, -0.1) is 0 Å². The van der Waals surface area contributed by atoms with E-state index in [9.17, 15) is 4.79 Å². The van der Waals surface area contributed by atoms with Crippen LogP contribution in [0, 0.1) is 19.3 Å². The molecule has 2 aliphatic heterocycles. The van der Waals surface area contributed by atoms with Gasteiger partial charge in [0.1, 0.15) is 10.8 Å². The first-order valence-corrected chi connectivity index (χ1v) is 11.0. The van der Waals surface area contributed by atoms with Crippen molar-refractivity contribution in [3.63, 3.8) is 0 Å². The van der Waals surface area contributed by atoms with Crippen molar-refractivity contribution in [3.05, 3.63) is 82.9 Å². The summed E-state index contributed by atoms with van der Waals surface area (Å²) in [4.78, 5) is 21.1. The fourth-order valence-electron chi connectivity index (χ4n) is 3.83. The first-order valence-electron chi connectivity index (χ1n) is 10.2. The summed E-state index contributed by atoms with van der Waals surface area (Å²) in [5.41, 5.74) is 4.75. The zero-order valence-corrected chi connectivity index (χ0v) is 19.1. The van der Waals surface area contributed by atoms with Gasteiger partial charge in [-0.1, -0.05) is 6.07 Å². The Balaban J connectivity index is 1.51. The third kappa shape index (κ3) is 3.66. The number of fused-ring (bicyclic) bond motifs is 1. The lowest BCUT2D eigenvalue weighted by Gasteiger charge is -2.20. The first-order chi connectivity index (χ1) is 16.0. The smallest absolute Gasteiger partial charge is 0.283 e. The molecule has 0 saturated carbocycles. The summed E-state index contributed by atoms with van der Waals surface area (Å²) in [6, 6.07) is 13.5. The number of carbonyl (C=O) groups is 1. The average molecular weight is 457 g/mol. The molecule has 2 aliphatic rings. The Morgan fingerprint density at radius 2 is 2.00 bits per heavy atom. The summed E-state index contributed by atoms with van der Waals surface area (Å²) in [6.45, 7) is 3.98. The number of rotatable bonds is 4. The molecule has 4 heterocycles. The van der Waals surface area contributed by atoms with Crippen LogP contribution >= 0.6 is 11.8 Å². The zero-order chi connectivity index (χ0) is 23.1. The molecule has 164 valence electrons. The van der Waals surface area contributed by atoms with Crippen LogP contribution in [0.25, 0.3) is 11.8 Å². The van der Waals surface area contributed by atoms with Crippen molar-refractivity contribution >= 4 is 39.8 Å². The van der Waals surface area contributed by atoms with Gasteiger partial charge < -0.3 is 9.30 Å². The molecule has 0 atom stereocenters. The number of carbonyl (C=O) groups excluding carboxylic acids is 1. The topological polar surface area (TPSA) is 95.9 Å². The second kappa shape index (κ2) is 8.18. The van der Waals surface area contributed by atoms with Gasteiger partial charge in [0, 0.05) is 41.1 Å². The van der Waals surface area contributed by atoms with Crippen LogP contribution in [-0.2, 0) is 4.79 Å². The Labute approximate surface area is 194 Å². The molecule has 0 fully saturated rings. The van der Waals surface area contributed by atoms with Gasteiger partial charge in [0.15, 0.2) is 5.84 Å². The number of thioether (sulfide) groups is 1. The Kier molecular flexibility index (Phi) is 5.18. The van der Waals surface area contributed by atoms with Crippen LogP contribution in [0.3, 0.4) is 0 Å². The standard InChI is InChI=1S/C24H20N6O2S/c1-14-10-17(15(2)29(14)18-7-4-8-19(12-18)32-3)11-20-21(25)30-24(27-22(20)31)33-23(28-30)16-6-5-9-26-13-16/h4-13,25H,1-3H3/b20-11-,25-21?. The number of nitrogens with one attached hydrogen (secondary N) is 1. The number of nitrogens with zero attached hydrogens (tertiary/aromatic N) is 5. The van der Waals surface area contributed by atoms with Crippen molar-refractivity contribution in [3.8, 4) is 11.4 Å². The summed E-state index contributed by atoms with van der Waals surface area (Å²) in [7, 11) is 1.64. The molecule has 3 aromatic rings. The molecule has 0 unspecified atom stereocenters. The lowest BCUT2D eigenvalue weighted by atomic mass is 10.1. The van der Waals surface area contributed by atoms with Crippen molar-refractivity contribution < 1.29 is 9.53 Å². The largest absolute Gasteiger partial charge is 0.497 e. The molecule has 0 saturated heterocycles. The van der Waals surface area contributed by atoms with Gasteiger partial charge in [0.05, 0.1) is 12.7 Å². The SMILES string of the molecule is COc1cccc(-n2c(C)cc(/C=C3/C(=N)N4N=C(c5cccnc5)SC4=NC3=O)c2C)c1. The van der Waals surface area contributed by atoms with Gasteiger partial charge in [-0.05, 0) is 67.6 Å². The third-order valence-electron chi connectivity index (χ3n) is 5.44. The van der Waals surface area contributed by atoms with Crippen LogP contribution < -0.4 is 4.74 Å². The highest BCUT2D eigenvalue weighted by atomic mass is 32.2. The number of aryl methyl sites for hydroxylation is 1. The molecule has 0 aliphatic carbocycles. The lowest BCUT2D eigenvalue weighted by Crippen LogP contribution is -2.35. The maximum atomic E-state index is 12.8. The molecule has 1 aromatic carbocycles. The molecule has 9 heteroatoms. The van der Waals surface area contributed by atoms with E-state index in [0.717, 1.165) is 34.0 Å². The van der Waals surface area contributed by atoms with Crippen LogP contribution in [0.5, 0.6) is 5.75 Å². The normalized spacial score (nSPS) is 16.7. The number of amidine groups is 2. The van der Waals surface area contributed by atoms with E-state index < -0.39 is 5.91 Å². The summed E-state index contributed by atoms with van der Waals surface area (Å²) >= 11 is 1.26. The molecule has 33 heavy (non-hydrogen) atoms. The van der Waals surface area contributed by atoms with E-state index >= 15 is 0 Å². The van der Waals surface area contributed by atoms with Crippen molar-refractivity contribution in [2.75, 3.05) is 7.11 Å². The molecular weight excluding hydrogens is 436 g/mol. The second-order valence-corrected chi connectivity index (χ2v) is 8.49. The van der Waals surface area contributed by atoms with Crippen molar-refractivity contribution in [2.24, 2.45) is 10.1 Å². The van der Waals surface area contributed by atoms with Crippen LogP contribution in [0.2, 0.25) is 0 Å². The lowest BCUT2D eigenvalue weighted by molar-refractivity contribution is -0.114. The predicted octanol–water partition coefficient (Wildman–Crippen LogP) is 4.17. The van der Waals surface area contributed by atoms with Gasteiger partial charge >= 0.3 is 0 Å². The summed E-state index contributed by atoms with van der Waals surface area (Å²) in [6.07, 6.45) is 5.09. The van der Waals surface area contributed by atoms with Crippen molar-refractivity contribution in [2.45, 2.75) is 13.8 Å². The first kappa shape index (κ1) is 20.9. The minimum absolute atomic E-state index is 0.00238. The fourth-order valence-corrected chi connectivity index (χ4v) is 4.72. The van der Waals surface area contributed by atoms with Crippen molar-refractivity contribution in [1.82, 2.24) is 14.6 Å². The van der Waals surface area contributed by atoms with Gasteiger partial charge in [0.2, 0.25) is 5.17 Å². The maximum absolute atomic E-state index is 12.8. The fraction of sp³-hybridized carbons (Fsp3) is 0.125. The molecule has 0 spiro atoms. The van der Waals surface area contributed by atoms with Crippen LogP contribution in [0.15, 0.2) is 70.5 Å². The quantitative estimate of drug-likeness (QED) is 0.595. The Bertz CT molecular complexity index is 1390. The molecule has 8 nitrogen and oxygen atoms in total. The Morgan fingerprint density at radius 1 is 1.15 bits per heavy atom. The highest BCUT2D eigenvalue weighted by molar-refractivity contribution is 8.27. The van der Waals surface area contributed by atoms with Crippen LogP contribution in [0.1, 0.15) is 22.5 Å². The number of ether oxygens (including phenoxy) is 1. The van der Waals surface area contributed by atoms with Crippen LogP contribution in [0.4, 0.5) is 0 Å². The Morgan fingerprint density at radius 3 is 2.76 bits per heavy atom. The third-order valence-corrected chi connectivity index (χ3v) is 6.40. The zero-order valence-electron chi connectivity index (χ0n) is 18.2. The highest BCUT2D eigenvalue weighted by Crippen LogP contribution is 2.32. The van der Waals surface area contributed by atoms with E-state index in [0.29, 0.717) is 10.2 Å². The number of hydrogen-bond acceptors (Lipinski definition) is 6. The number of hydrazone groups is 1. The van der Waals surface area contributed by atoms with E-state index in [1.165, 1.54) is 16.8 Å². The number of pyridine rings is 1. The van der Waals surface area contributed by atoms with Gasteiger partial charge in [-0.2, -0.15) is 15.1 Å². The van der Waals surface area contributed by atoms with E-state index in [4.69, 9.17) is 10.1 Å². The van der Waals surface area contributed by atoms with E-state index in [1.807, 2.05) is 56.3 Å². The number of hydrogen-bond donors (Lipinski definition) is 1. The summed E-state index contributed by atoms with van der Waals surface area (Å²) in [5, 5.41) is 15.6. The predicted molar refractivity (Wildman–Crippen MR) is 130 cm³/mol. The minimum atomic E-state index is -0.451. The van der Waals surface area contributed by atoms with Gasteiger partial charge in [-0.3, -0.25) is 15.2 Å².